The molecule has 0 aliphatic heterocycles. The smallest absolute Gasteiger partial charge is 0.345 e. The minimum atomic E-state index is -0.341. The highest BCUT2D eigenvalue weighted by Gasteiger charge is 2.20. The summed E-state index contributed by atoms with van der Waals surface area (Å²) < 4.78 is 2.38. The molecule has 7 heteroatoms. The molecule has 1 amide bonds. The van der Waals surface area contributed by atoms with Crippen LogP contribution in [0.2, 0.25) is 0 Å². The van der Waals surface area contributed by atoms with Crippen LogP contribution in [0, 0.1) is 5.41 Å². The summed E-state index contributed by atoms with van der Waals surface area (Å²) in [7, 11) is 1.57. The largest absolute Gasteiger partial charge is 0.394 e. The maximum atomic E-state index is 11.8. The van der Waals surface area contributed by atoms with Crippen LogP contribution in [0.25, 0.3) is 0 Å². The maximum absolute atomic E-state index is 11.8. The zero-order chi connectivity index (χ0) is 14.6. The van der Waals surface area contributed by atoms with Gasteiger partial charge in [-0.1, -0.05) is 20.8 Å². The summed E-state index contributed by atoms with van der Waals surface area (Å²) in [4.78, 5) is 23.3. The Morgan fingerprint density at radius 3 is 2.58 bits per heavy atom. The van der Waals surface area contributed by atoms with Crippen LogP contribution in [0.1, 0.15) is 27.2 Å². The lowest BCUT2D eigenvalue weighted by Crippen LogP contribution is -2.42. The van der Waals surface area contributed by atoms with Gasteiger partial charge >= 0.3 is 5.69 Å². The lowest BCUT2D eigenvalue weighted by atomic mass is 9.88. The number of carbonyl (C=O) groups excluding carboxylic acids is 1. The second-order valence-electron chi connectivity index (χ2n) is 5.89. The minimum absolute atomic E-state index is 0.00249. The van der Waals surface area contributed by atoms with E-state index in [-0.39, 0.29) is 36.2 Å². The lowest BCUT2D eigenvalue weighted by Gasteiger charge is -2.25. The predicted molar refractivity (Wildman–Crippen MR) is 70.6 cm³/mol. The Labute approximate surface area is 112 Å². The third-order valence-electron chi connectivity index (χ3n) is 2.62. The molecule has 1 heterocycles. The van der Waals surface area contributed by atoms with Crippen molar-refractivity contribution in [3.63, 3.8) is 0 Å². The summed E-state index contributed by atoms with van der Waals surface area (Å²) in [6, 6.07) is -0.313. The van der Waals surface area contributed by atoms with Crippen molar-refractivity contribution >= 4 is 5.91 Å². The van der Waals surface area contributed by atoms with Gasteiger partial charge in [-0.05, 0) is 11.8 Å². The number of rotatable bonds is 5. The van der Waals surface area contributed by atoms with Crippen molar-refractivity contribution in [2.45, 2.75) is 39.8 Å². The van der Waals surface area contributed by atoms with Crippen LogP contribution in [-0.4, -0.2) is 38.0 Å². The van der Waals surface area contributed by atoms with Crippen molar-refractivity contribution in [1.29, 1.82) is 0 Å². The number of hydrogen-bond acceptors (Lipinski definition) is 4. The van der Waals surface area contributed by atoms with Crippen LogP contribution in [0.5, 0.6) is 0 Å². The summed E-state index contributed by atoms with van der Waals surface area (Å²) in [5.74, 6) is -0.330. The summed E-state index contributed by atoms with van der Waals surface area (Å²) in [5.41, 5.74) is -0.339. The van der Waals surface area contributed by atoms with Gasteiger partial charge in [0.1, 0.15) is 12.9 Å². The number of nitrogens with zero attached hydrogens (tertiary/aromatic N) is 3. The van der Waals surface area contributed by atoms with Gasteiger partial charge in [0.05, 0.1) is 12.6 Å². The molecular weight excluding hydrogens is 248 g/mol. The number of aliphatic hydroxyl groups is 1. The molecule has 1 rings (SSSR count). The first-order valence-corrected chi connectivity index (χ1v) is 6.21. The average Bonchev–Trinajstić information content (AvgIpc) is 2.58. The molecule has 2 N–H and O–H groups in total. The molecule has 0 saturated heterocycles. The molecule has 1 aromatic heterocycles. The summed E-state index contributed by atoms with van der Waals surface area (Å²) in [6.45, 7) is 5.83. The molecule has 0 saturated carbocycles. The van der Waals surface area contributed by atoms with Crippen molar-refractivity contribution in [3.8, 4) is 0 Å². The van der Waals surface area contributed by atoms with Gasteiger partial charge in [-0.3, -0.25) is 9.36 Å². The first kappa shape index (κ1) is 15.4. The number of amides is 1. The van der Waals surface area contributed by atoms with Crippen molar-refractivity contribution in [1.82, 2.24) is 19.7 Å². The number of nitrogens with one attached hydrogen (secondary N) is 1. The average molecular weight is 270 g/mol. The van der Waals surface area contributed by atoms with E-state index in [1.807, 2.05) is 20.8 Å². The highest BCUT2D eigenvalue weighted by molar-refractivity contribution is 5.75. The second kappa shape index (κ2) is 6.01. The molecule has 0 aliphatic carbocycles. The number of aromatic nitrogens is 3. The monoisotopic (exact) mass is 270 g/mol. The molecule has 0 radical (unpaired) electrons. The van der Waals surface area contributed by atoms with Crippen LogP contribution < -0.4 is 11.0 Å². The van der Waals surface area contributed by atoms with Gasteiger partial charge in [0.15, 0.2) is 0 Å². The number of carbonyl (C=O) groups is 1. The van der Waals surface area contributed by atoms with Crippen molar-refractivity contribution < 1.29 is 9.90 Å². The van der Waals surface area contributed by atoms with E-state index in [9.17, 15) is 14.7 Å². The SMILES string of the molecule is Cn1cnn(CC(=O)NC(CO)CC(C)(C)C)c1=O. The summed E-state index contributed by atoms with van der Waals surface area (Å²) >= 11 is 0. The van der Waals surface area contributed by atoms with Gasteiger partial charge in [0.2, 0.25) is 5.91 Å². The van der Waals surface area contributed by atoms with Crippen molar-refractivity contribution in [2.24, 2.45) is 12.5 Å². The topological polar surface area (TPSA) is 89.2 Å². The highest BCUT2D eigenvalue weighted by Crippen LogP contribution is 2.20. The molecule has 19 heavy (non-hydrogen) atoms. The van der Waals surface area contributed by atoms with Crippen LogP contribution in [0.15, 0.2) is 11.1 Å². The molecule has 0 bridgehead atoms. The minimum Gasteiger partial charge on any atom is -0.394 e. The van der Waals surface area contributed by atoms with Crippen molar-refractivity contribution in [2.75, 3.05) is 6.61 Å². The van der Waals surface area contributed by atoms with E-state index in [2.05, 4.69) is 10.4 Å². The molecule has 0 fully saturated rings. The van der Waals surface area contributed by atoms with Gasteiger partial charge < -0.3 is 10.4 Å². The second-order valence-corrected chi connectivity index (χ2v) is 5.89. The third-order valence-corrected chi connectivity index (χ3v) is 2.62. The first-order valence-electron chi connectivity index (χ1n) is 6.21. The summed E-state index contributed by atoms with van der Waals surface area (Å²) in [5, 5.41) is 15.8. The van der Waals surface area contributed by atoms with E-state index in [1.165, 1.54) is 10.9 Å². The number of aryl methyl sites for hydroxylation is 1. The fourth-order valence-corrected chi connectivity index (χ4v) is 1.84. The molecule has 1 atom stereocenters. The Bertz CT molecular complexity index is 484. The van der Waals surface area contributed by atoms with Crippen LogP contribution in [-0.2, 0) is 18.4 Å². The van der Waals surface area contributed by atoms with E-state index >= 15 is 0 Å². The Balaban J connectivity index is 2.59. The highest BCUT2D eigenvalue weighted by atomic mass is 16.3. The number of aliphatic hydroxyl groups excluding tert-OH is 1. The van der Waals surface area contributed by atoms with E-state index in [4.69, 9.17) is 0 Å². The molecule has 1 aromatic rings. The Kier molecular flexibility index (Phi) is 4.88. The van der Waals surface area contributed by atoms with E-state index < -0.39 is 0 Å². The Morgan fingerprint density at radius 2 is 2.16 bits per heavy atom. The molecule has 0 aromatic carbocycles. The Hall–Kier alpha value is -1.63. The van der Waals surface area contributed by atoms with Crippen LogP contribution in [0.4, 0.5) is 0 Å². The quantitative estimate of drug-likeness (QED) is 0.754. The Morgan fingerprint density at radius 1 is 1.53 bits per heavy atom. The maximum Gasteiger partial charge on any atom is 0.345 e. The van der Waals surface area contributed by atoms with Gasteiger partial charge in [-0.25, -0.2) is 9.48 Å². The lowest BCUT2D eigenvalue weighted by molar-refractivity contribution is -0.123. The molecule has 1 unspecified atom stereocenters. The molecule has 7 nitrogen and oxygen atoms in total. The van der Waals surface area contributed by atoms with Gasteiger partial charge in [0, 0.05) is 7.05 Å². The fourth-order valence-electron chi connectivity index (χ4n) is 1.84. The van der Waals surface area contributed by atoms with Crippen LogP contribution >= 0.6 is 0 Å². The first-order chi connectivity index (χ1) is 8.73. The molecule has 108 valence electrons. The fraction of sp³-hybridized carbons (Fsp3) is 0.750. The zero-order valence-electron chi connectivity index (χ0n) is 11.9. The van der Waals surface area contributed by atoms with Crippen molar-refractivity contribution in [3.05, 3.63) is 16.8 Å². The van der Waals surface area contributed by atoms with Crippen LogP contribution in [0.3, 0.4) is 0 Å². The van der Waals surface area contributed by atoms with Gasteiger partial charge in [-0.15, -0.1) is 0 Å². The van der Waals surface area contributed by atoms with E-state index in [0.29, 0.717) is 6.42 Å². The third kappa shape index (κ3) is 4.86. The molecular formula is C12H22N4O3. The molecule has 0 spiro atoms. The zero-order valence-corrected chi connectivity index (χ0v) is 11.9. The summed E-state index contributed by atoms with van der Waals surface area (Å²) in [6.07, 6.45) is 2.01. The van der Waals surface area contributed by atoms with Gasteiger partial charge in [-0.2, -0.15) is 5.10 Å². The molecule has 0 aliphatic rings. The number of hydrogen-bond donors (Lipinski definition) is 2. The predicted octanol–water partition coefficient (Wildman–Crippen LogP) is -0.505. The van der Waals surface area contributed by atoms with E-state index in [0.717, 1.165) is 4.68 Å². The van der Waals surface area contributed by atoms with E-state index in [1.54, 1.807) is 7.05 Å². The normalized spacial score (nSPS) is 13.3. The van der Waals surface area contributed by atoms with Gasteiger partial charge in [0.25, 0.3) is 0 Å². The standard InChI is InChI=1S/C12H22N4O3/c1-12(2,3)5-9(7-17)14-10(18)6-16-11(19)15(4)8-13-16/h8-9,17H,5-7H2,1-4H3,(H,14,18).